The fraction of sp³-hybridized carbons (Fsp3) is 0.455. The molecule has 0 N–H and O–H groups in total. The molecular weight excluding hydrogens is 293 g/mol. The molecule has 0 aliphatic heterocycles. The van der Waals surface area contributed by atoms with Gasteiger partial charge in [0.2, 0.25) is 0 Å². The van der Waals surface area contributed by atoms with Gasteiger partial charge in [-0.05, 0) is 19.9 Å². The van der Waals surface area contributed by atoms with Crippen molar-refractivity contribution in [2.75, 3.05) is 20.3 Å². The SMILES string of the molecule is CCOP(=O)(OCC)c1ccnc(Cl)c1C(=O)OC. The zero-order chi connectivity index (χ0) is 14.5. The molecule has 1 rings (SSSR count). The number of pyridine rings is 1. The number of esters is 1. The summed E-state index contributed by atoms with van der Waals surface area (Å²) in [5, 5.41) is -0.0490. The first-order chi connectivity index (χ1) is 9.00. The van der Waals surface area contributed by atoms with Crippen molar-refractivity contribution in [2.45, 2.75) is 13.8 Å². The van der Waals surface area contributed by atoms with E-state index in [4.69, 9.17) is 20.6 Å². The Balaban J connectivity index is 3.43. The second kappa shape index (κ2) is 7.01. The molecule has 1 aromatic heterocycles. The highest BCUT2D eigenvalue weighted by atomic mass is 35.5. The number of carbonyl (C=O) groups is 1. The maximum absolute atomic E-state index is 12.7. The van der Waals surface area contributed by atoms with Gasteiger partial charge in [-0.3, -0.25) is 4.57 Å². The average molecular weight is 308 g/mol. The number of carbonyl (C=O) groups excluding carboxylic acids is 1. The normalized spacial score (nSPS) is 11.4. The van der Waals surface area contributed by atoms with Crippen molar-refractivity contribution in [1.29, 1.82) is 0 Å². The number of aromatic nitrogens is 1. The molecule has 1 heterocycles. The third kappa shape index (κ3) is 3.54. The summed E-state index contributed by atoms with van der Waals surface area (Å²) in [5.74, 6) is -0.743. The Kier molecular flexibility index (Phi) is 5.94. The first-order valence-electron chi connectivity index (χ1n) is 5.62. The molecular formula is C11H15ClNO5P. The topological polar surface area (TPSA) is 74.7 Å². The summed E-state index contributed by atoms with van der Waals surface area (Å²) < 4.78 is 27.7. The smallest absolute Gasteiger partial charge is 0.362 e. The Morgan fingerprint density at radius 2 is 1.95 bits per heavy atom. The lowest BCUT2D eigenvalue weighted by Crippen LogP contribution is -2.21. The van der Waals surface area contributed by atoms with Crippen LogP contribution >= 0.6 is 19.2 Å². The second-order valence-electron chi connectivity index (χ2n) is 3.32. The highest BCUT2D eigenvalue weighted by Crippen LogP contribution is 2.48. The predicted octanol–water partition coefficient (Wildman–Crippen LogP) is 2.41. The lowest BCUT2D eigenvalue weighted by atomic mass is 10.3. The number of rotatable bonds is 6. The first kappa shape index (κ1) is 16.1. The molecule has 6 nitrogen and oxygen atoms in total. The van der Waals surface area contributed by atoms with E-state index >= 15 is 0 Å². The molecule has 0 spiro atoms. The van der Waals surface area contributed by atoms with E-state index in [9.17, 15) is 9.36 Å². The summed E-state index contributed by atoms with van der Waals surface area (Å²) in [6.45, 7) is 3.67. The van der Waals surface area contributed by atoms with Crippen molar-refractivity contribution in [3.63, 3.8) is 0 Å². The Morgan fingerprint density at radius 1 is 1.37 bits per heavy atom. The first-order valence-corrected chi connectivity index (χ1v) is 7.54. The maximum Gasteiger partial charge on any atom is 0.362 e. The largest absolute Gasteiger partial charge is 0.465 e. The molecule has 0 atom stereocenters. The molecule has 0 aliphatic rings. The minimum Gasteiger partial charge on any atom is -0.465 e. The van der Waals surface area contributed by atoms with E-state index in [-0.39, 0.29) is 29.2 Å². The molecule has 0 saturated heterocycles. The second-order valence-corrected chi connectivity index (χ2v) is 5.67. The maximum atomic E-state index is 12.7. The van der Waals surface area contributed by atoms with Gasteiger partial charge in [-0.15, -0.1) is 0 Å². The van der Waals surface area contributed by atoms with Gasteiger partial charge in [0.15, 0.2) is 0 Å². The Morgan fingerprint density at radius 3 is 2.42 bits per heavy atom. The van der Waals surface area contributed by atoms with Crippen LogP contribution < -0.4 is 5.30 Å². The number of hydrogen-bond donors (Lipinski definition) is 0. The molecule has 0 fully saturated rings. The number of hydrogen-bond acceptors (Lipinski definition) is 6. The fourth-order valence-corrected chi connectivity index (χ4v) is 3.52. The van der Waals surface area contributed by atoms with Gasteiger partial charge in [0, 0.05) is 6.20 Å². The van der Waals surface area contributed by atoms with Gasteiger partial charge in [-0.25, -0.2) is 9.78 Å². The highest BCUT2D eigenvalue weighted by Gasteiger charge is 2.34. The molecule has 0 aromatic carbocycles. The van der Waals surface area contributed by atoms with E-state index in [1.807, 2.05) is 0 Å². The third-order valence-corrected chi connectivity index (χ3v) is 4.61. The van der Waals surface area contributed by atoms with Crippen LogP contribution in [0.15, 0.2) is 12.3 Å². The van der Waals surface area contributed by atoms with Crippen LogP contribution in [-0.2, 0) is 18.3 Å². The van der Waals surface area contributed by atoms with Crippen LogP contribution in [0.2, 0.25) is 5.15 Å². The molecule has 0 aliphatic carbocycles. The van der Waals surface area contributed by atoms with Gasteiger partial charge in [0.1, 0.15) is 10.7 Å². The molecule has 0 saturated carbocycles. The molecule has 0 unspecified atom stereocenters. The Labute approximate surface area is 116 Å². The predicted molar refractivity (Wildman–Crippen MR) is 71.1 cm³/mol. The summed E-state index contributed by atoms with van der Waals surface area (Å²) in [4.78, 5) is 15.5. The van der Waals surface area contributed by atoms with E-state index in [1.165, 1.54) is 19.4 Å². The zero-order valence-corrected chi connectivity index (χ0v) is 12.5. The molecule has 1 aromatic rings. The Bertz CT molecular complexity index is 498. The molecule has 106 valence electrons. The molecule has 0 amide bonds. The van der Waals surface area contributed by atoms with E-state index in [0.717, 1.165) is 0 Å². The third-order valence-electron chi connectivity index (χ3n) is 2.17. The molecule has 8 heteroatoms. The summed E-state index contributed by atoms with van der Waals surface area (Å²) in [5.41, 5.74) is -0.100. The van der Waals surface area contributed by atoms with E-state index in [2.05, 4.69) is 9.72 Å². The molecule has 0 bridgehead atoms. The van der Waals surface area contributed by atoms with Crippen molar-refractivity contribution in [3.8, 4) is 0 Å². The van der Waals surface area contributed by atoms with Crippen molar-refractivity contribution in [2.24, 2.45) is 0 Å². The minimum atomic E-state index is -3.63. The van der Waals surface area contributed by atoms with Crippen LogP contribution in [0.1, 0.15) is 24.2 Å². The number of nitrogens with zero attached hydrogens (tertiary/aromatic N) is 1. The van der Waals surface area contributed by atoms with Crippen LogP contribution in [-0.4, -0.2) is 31.3 Å². The van der Waals surface area contributed by atoms with Gasteiger partial charge < -0.3 is 13.8 Å². The fourth-order valence-electron chi connectivity index (χ4n) is 1.46. The number of ether oxygens (including phenoxy) is 1. The highest BCUT2D eigenvalue weighted by molar-refractivity contribution is 7.62. The van der Waals surface area contributed by atoms with Crippen molar-refractivity contribution in [3.05, 3.63) is 23.0 Å². The zero-order valence-electron chi connectivity index (χ0n) is 10.9. The van der Waals surface area contributed by atoms with Gasteiger partial charge >= 0.3 is 13.6 Å². The van der Waals surface area contributed by atoms with E-state index in [1.54, 1.807) is 13.8 Å². The minimum absolute atomic E-state index is 0.0584. The average Bonchev–Trinajstić information content (AvgIpc) is 2.38. The van der Waals surface area contributed by atoms with Crippen molar-refractivity contribution in [1.82, 2.24) is 4.98 Å². The standard InChI is InChI=1S/C11H15ClNO5P/c1-4-17-19(15,18-5-2)8-6-7-13-10(12)9(8)11(14)16-3/h6-7H,4-5H2,1-3H3. The van der Waals surface area contributed by atoms with Crippen molar-refractivity contribution >= 4 is 30.5 Å². The quantitative estimate of drug-likeness (QED) is 0.456. The lowest BCUT2D eigenvalue weighted by Gasteiger charge is -2.19. The van der Waals surface area contributed by atoms with Crippen LogP contribution in [0.3, 0.4) is 0 Å². The summed E-state index contributed by atoms with van der Waals surface area (Å²) in [6.07, 6.45) is 1.33. The number of halogens is 1. The van der Waals surface area contributed by atoms with Crippen LogP contribution in [0, 0.1) is 0 Å². The number of methoxy groups -OCH3 is 1. The summed E-state index contributed by atoms with van der Waals surface area (Å²) in [7, 11) is -2.43. The van der Waals surface area contributed by atoms with Gasteiger partial charge in [-0.1, -0.05) is 11.6 Å². The van der Waals surface area contributed by atoms with E-state index in [0.29, 0.717) is 0 Å². The summed E-state index contributed by atoms with van der Waals surface area (Å²) in [6, 6.07) is 1.38. The Hall–Kier alpha value is -0.940. The van der Waals surface area contributed by atoms with Crippen LogP contribution in [0.4, 0.5) is 0 Å². The molecule has 0 radical (unpaired) electrons. The monoisotopic (exact) mass is 307 g/mol. The van der Waals surface area contributed by atoms with E-state index < -0.39 is 13.6 Å². The van der Waals surface area contributed by atoms with Crippen molar-refractivity contribution < 1.29 is 23.1 Å². The van der Waals surface area contributed by atoms with Crippen LogP contribution in [0.25, 0.3) is 0 Å². The van der Waals surface area contributed by atoms with Gasteiger partial charge in [0.25, 0.3) is 0 Å². The summed E-state index contributed by atoms with van der Waals surface area (Å²) >= 11 is 5.87. The van der Waals surface area contributed by atoms with Gasteiger partial charge in [0.05, 0.1) is 25.6 Å². The molecule has 19 heavy (non-hydrogen) atoms. The van der Waals surface area contributed by atoms with Gasteiger partial charge in [-0.2, -0.15) is 0 Å². The van der Waals surface area contributed by atoms with Crippen LogP contribution in [0.5, 0.6) is 0 Å². The lowest BCUT2D eigenvalue weighted by molar-refractivity contribution is 0.0601.